The molecule has 4 atom stereocenters. The van der Waals surface area contributed by atoms with Gasteiger partial charge in [0.05, 0.1) is 6.10 Å². The summed E-state index contributed by atoms with van der Waals surface area (Å²) in [7, 11) is 0. The summed E-state index contributed by atoms with van der Waals surface area (Å²) in [6.45, 7) is 0.812. The monoisotopic (exact) mass is 193 g/mol. The molecule has 2 fully saturated rings. The van der Waals surface area contributed by atoms with Gasteiger partial charge in [-0.05, 0) is 43.4 Å². The molecule has 2 nitrogen and oxygen atoms in total. The van der Waals surface area contributed by atoms with E-state index in [1.165, 1.54) is 25.7 Å². The largest absolute Gasteiger partial charge is 0.392 e. The van der Waals surface area contributed by atoms with Gasteiger partial charge in [0.25, 0.3) is 0 Å². The second kappa shape index (κ2) is 3.35. The Morgan fingerprint density at radius 3 is 3.00 bits per heavy atom. The molecule has 0 saturated heterocycles. The zero-order chi connectivity index (χ0) is 9.54. The summed E-state index contributed by atoms with van der Waals surface area (Å²) >= 11 is 0. The molecule has 78 valence electrons. The van der Waals surface area contributed by atoms with Crippen LogP contribution in [0, 0.1) is 17.8 Å². The number of rotatable bonds is 4. The van der Waals surface area contributed by atoms with Crippen LogP contribution < -0.4 is 5.32 Å². The van der Waals surface area contributed by atoms with Crippen LogP contribution in [0.3, 0.4) is 0 Å². The van der Waals surface area contributed by atoms with E-state index in [1.54, 1.807) is 0 Å². The zero-order valence-corrected chi connectivity index (χ0v) is 8.52. The van der Waals surface area contributed by atoms with Crippen molar-refractivity contribution in [2.24, 2.45) is 17.8 Å². The second-order valence-corrected chi connectivity index (χ2v) is 5.16. The van der Waals surface area contributed by atoms with Gasteiger partial charge in [0, 0.05) is 12.6 Å². The number of fused-ring (bicyclic) bond motifs is 1. The lowest BCUT2D eigenvalue weighted by molar-refractivity contribution is 0.110. The molecule has 0 radical (unpaired) electrons. The predicted octanol–water partition coefficient (Wildman–Crippen LogP) is 1.31. The van der Waals surface area contributed by atoms with Gasteiger partial charge in [-0.1, -0.05) is 12.2 Å². The van der Waals surface area contributed by atoms with E-state index in [4.69, 9.17) is 0 Å². The molecule has 0 heterocycles. The van der Waals surface area contributed by atoms with Crippen molar-refractivity contribution in [1.29, 1.82) is 0 Å². The maximum atomic E-state index is 9.72. The predicted molar refractivity (Wildman–Crippen MR) is 55.9 cm³/mol. The number of nitrogens with one attached hydrogen (secondary N) is 1. The minimum absolute atomic E-state index is 0.0839. The third-order valence-electron chi connectivity index (χ3n) is 4.12. The van der Waals surface area contributed by atoms with Crippen LogP contribution in [0.5, 0.6) is 0 Å². The Balaban J connectivity index is 1.42. The Hall–Kier alpha value is -0.340. The van der Waals surface area contributed by atoms with Crippen molar-refractivity contribution in [2.45, 2.75) is 37.8 Å². The summed E-state index contributed by atoms with van der Waals surface area (Å²) in [5.74, 6) is 2.31. The Morgan fingerprint density at radius 2 is 2.29 bits per heavy atom. The van der Waals surface area contributed by atoms with Crippen LogP contribution in [0.15, 0.2) is 12.2 Å². The fraction of sp³-hybridized carbons (Fsp3) is 0.833. The number of hydrogen-bond donors (Lipinski definition) is 2. The first-order valence-corrected chi connectivity index (χ1v) is 5.92. The van der Waals surface area contributed by atoms with Crippen molar-refractivity contribution in [3.63, 3.8) is 0 Å². The third-order valence-corrected chi connectivity index (χ3v) is 4.12. The van der Waals surface area contributed by atoms with E-state index >= 15 is 0 Å². The highest BCUT2D eigenvalue weighted by Gasteiger charge is 2.41. The standard InChI is InChI=1S/C12H19NO/c14-12(8-4-5-8)7-13-11-6-9-2-1-3-10(9)11/h1,3,8-14H,2,4-7H2. The van der Waals surface area contributed by atoms with Crippen molar-refractivity contribution in [1.82, 2.24) is 5.32 Å². The van der Waals surface area contributed by atoms with Crippen LogP contribution in [-0.2, 0) is 0 Å². The highest BCUT2D eigenvalue weighted by Crippen LogP contribution is 2.42. The lowest BCUT2D eigenvalue weighted by Crippen LogP contribution is -2.50. The fourth-order valence-electron chi connectivity index (χ4n) is 2.87. The number of aliphatic hydroxyl groups is 1. The molecule has 2 heteroatoms. The van der Waals surface area contributed by atoms with Crippen LogP contribution in [0.2, 0.25) is 0 Å². The minimum Gasteiger partial charge on any atom is -0.392 e. The molecule has 14 heavy (non-hydrogen) atoms. The van der Waals surface area contributed by atoms with Gasteiger partial charge >= 0.3 is 0 Å². The van der Waals surface area contributed by atoms with Gasteiger partial charge in [-0.2, -0.15) is 0 Å². The summed E-state index contributed by atoms with van der Waals surface area (Å²) in [4.78, 5) is 0. The Kier molecular flexibility index (Phi) is 2.14. The van der Waals surface area contributed by atoms with Crippen LogP contribution in [-0.4, -0.2) is 23.8 Å². The average Bonchev–Trinajstić information content (AvgIpc) is 2.92. The van der Waals surface area contributed by atoms with Gasteiger partial charge in [-0.25, -0.2) is 0 Å². The van der Waals surface area contributed by atoms with Crippen LogP contribution in [0.25, 0.3) is 0 Å². The van der Waals surface area contributed by atoms with Gasteiger partial charge in [0.15, 0.2) is 0 Å². The lowest BCUT2D eigenvalue weighted by atomic mass is 9.71. The second-order valence-electron chi connectivity index (χ2n) is 5.16. The van der Waals surface area contributed by atoms with Crippen LogP contribution >= 0.6 is 0 Å². The molecule has 3 aliphatic rings. The zero-order valence-electron chi connectivity index (χ0n) is 8.52. The lowest BCUT2D eigenvalue weighted by Gasteiger charge is -2.41. The maximum absolute atomic E-state index is 9.72. The van der Waals surface area contributed by atoms with E-state index in [9.17, 15) is 5.11 Å². The first-order chi connectivity index (χ1) is 6.84. The summed E-state index contributed by atoms with van der Waals surface area (Å²) in [5, 5.41) is 13.2. The molecule has 0 bridgehead atoms. The molecule has 2 N–H and O–H groups in total. The number of hydrogen-bond acceptors (Lipinski definition) is 2. The topological polar surface area (TPSA) is 32.3 Å². The highest BCUT2D eigenvalue weighted by molar-refractivity contribution is 5.12. The molecule has 3 rings (SSSR count). The summed E-state index contributed by atoms with van der Waals surface area (Å²) in [6.07, 6.45) is 9.66. The van der Waals surface area contributed by atoms with Gasteiger partial charge in [-0.3, -0.25) is 0 Å². The molecule has 0 aliphatic heterocycles. The first-order valence-electron chi connectivity index (χ1n) is 5.92. The van der Waals surface area contributed by atoms with Crippen molar-refractivity contribution in [2.75, 3.05) is 6.54 Å². The van der Waals surface area contributed by atoms with E-state index in [2.05, 4.69) is 17.5 Å². The number of allylic oxidation sites excluding steroid dienone is 1. The molecule has 0 amide bonds. The van der Waals surface area contributed by atoms with E-state index in [-0.39, 0.29) is 6.10 Å². The average molecular weight is 193 g/mol. The van der Waals surface area contributed by atoms with E-state index in [0.29, 0.717) is 12.0 Å². The summed E-state index contributed by atoms with van der Waals surface area (Å²) in [5.41, 5.74) is 0. The van der Waals surface area contributed by atoms with Crippen molar-refractivity contribution in [3.8, 4) is 0 Å². The fourth-order valence-corrected chi connectivity index (χ4v) is 2.87. The normalized spacial score (nSPS) is 41.9. The molecular formula is C12H19NO. The molecule has 2 saturated carbocycles. The molecule has 3 aliphatic carbocycles. The number of aliphatic hydroxyl groups excluding tert-OH is 1. The molecule has 0 aromatic carbocycles. The first kappa shape index (κ1) is 8.93. The van der Waals surface area contributed by atoms with Gasteiger partial charge < -0.3 is 10.4 Å². The van der Waals surface area contributed by atoms with Crippen molar-refractivity contribution in [3.05, 3.63) is 12.2 Å². The Bertz CT molecular complexity index is 247. The Morgan fingerprint density at radius 1 is 1.43 bits per heavy atom. The molecule has 0 spiro atoms. The highest BCUT2D eigenvalue weighted by atomic mass is 16.3. The molecule has 4 unspecified atom stereocenters. The summed E-state index contributed by atoms with van der Waals surface area (Å²) in [6, 6.07) is 0.659. The van der Waals surface area contributed by atoms with E-state index in [0.717, 1.165) is 18.4 Å². The molecular weight excluding hydrogens is 174 g/mol. The van der Waals surface area contributed by atoms with Crippen LogP contribution in [0.4, 0.5) is 0 Å². The van der Waals surface area contributed by atoms with Crippen molar-refractivity contribution >= 4 is 0 Å². The Labute approximate surface area is 85.4 Å². The van der Waals surface area contributed by atoms with Gasteiger partial charge in [0.2, 0.25) is 0 Å². The molecule has 0 aromatic heterocycles. The smallest absolute Gasteiger partial charge is 0.0692 e. The van der Waals surface area contributed by atoms with E-state index < -0.39 is 0 Å². The SMILES string of the molecule is OC(CNC1CC2CC=CC21)C1CC1. The van der Waals surface area contributed by atoms with Crippen molar-refractivity contribution < 1.29 is 5.11 Å². The maximum Gasteiger partial charge on any atom is 0.0692 e. The van der Waals surface area contributed by atoms with E-state index in [1.807, 2.05) is 0 Å². The quantitative estimate of drug-likeness (QED) is 0.660. The van der Waals surface area contributed by atoms with Gasteiger partial charge in [-0.15, -0.1) is 0 Å². The molecule has 0 aromatic rings. The third kappa shape index (κ3) is 1.51. The van der Waals surface area contributed by atoms with Gasteiger partial charge in [0.1, 0.15) is 0 Å². The minimum atomic E-state index is -0.0839. The van der Waals surface area contributed by atoms with Crippen LogP contribution in [0.1, 0.15) is 25.7 Å². The summed E-state index contributed by atoms with van der Waals surface area (Å²) < 4.78 is 0.